The van der Waals surface area contributed by atoms with E-state index >= 15 is 0 Å². The summed E-state index contributed by atoms with van der Waals surface area (Å²) < 4.78 is 18.4. The van der Waals surface area contributed by atoms with Crippen LogP contribution in [0.3, 0.4) is 0 Å². The molecule has 0 aliphatic heterocycles. The Kier molecular flexibility index (Phi) is 3.21. The third kappa shape index (κ3) is 2.40. The van der Waals surface area contributed by atoms with Gasteiger partial charge in [0.05, 0.1) is 12.6 Å². The number of anilines is 2. The van der Waals surface area contributed by atoms with E-state index < -0.39 is 0 Å². The highest BCUT2D eigenvalue weighted by Gasteiger charge is 2.04. The normalized spacial score (nSPS) is 10.5. The van der Waals surface area contributed by atoms with Crippen molar-refractivity contribution in [3.05, 3.63) is 60.5 Å². The second kappa shape index (κ2) is 5.17. The Bertz CT molecular complexity index is 758. The number of methoxy groups -OCH3 is 1. The first kappa shape index (κ1) is 12.4. The molecule has 3 aromatic rings. The first-order chi connectivity index (χ1) is 9.76. The molecule has 4 heteroatoms. The summed E-state index contributed by atoms with van der Waals surface area (Å²) in [5, 5.41) is 4.16. The smallest absolute Gasteiger partial charge is 0.125 e. The molecule has 0 bridgehead atoms. The average Bonchev–Trinajstić information content (AvgIpc) is 2.47. The van der Waals surface area contributed by atoms with Crippen LogP contribution in [0.5, 0.6) is 5.75 Å². The molecule has 0 aliphatic carbocycles. The first-order valence-corrected chi connectivity index (χ1v) is 6.21. The van der Waals surface area contributed by atoms with E-state index in [4.69, 9.17) is 4.74 Å². The number of fused-ring (bicyclic) bond motifs is 1. The molecular weight excluding hydrogens is 255 g/mol. The molecule has 2 aromatic carbocycles. The molecule has 1 aromatic heterocycles. The number of ether oxygens (including phenoxy) is 1. The van der Waals surface area contributed by atoms with Crippen LogP contribution in [0.2, 0.25) is 0 Å². The molecule has 100 valence electrons. The number of hydrogen-bond donors (Lipinski definition) is 1. The fourth-order valence-corrected chi connectivity index (χ4v) is 2.09. The highest BCUT2D eigenvalue weighted by atomic mass is 19.1. The van der Waals surface area contributed by atoms with Gasteiger partial charge in [0.2, 0.25) is 0 Å². The van der Waals surface area contributed by atoms with E-state index in [0.29, 0.717) is 5.69 Å². The maximum absolute atomic E-state index is 13.2. The van der Waals surface area contributed by atoms with E-state index in [1.54, 1.807) is 19.4 Å². The number of halogens is 1. The summed E-state index contributed by atoms with van der Waals surface area (Å²) in [5.74, 6) is 0.489. The Morgan fingerprint density at radius 3 is 2.80 bits per heavy atom. The zero-order chi connectivity index (χ0) is 13.9. The van der Waals surface area contributed by atoms with E-state index in [1.807, 2.05) is 30.3 Å². The molecule has 1 N–H and O–H groups in total. The number of nitrogens with one attached hydrogen (secondary N) is 1. The lowest BCUT2D eigenvalue weighted by Gasteiger charge is -2.10. The molecule has 0 unspecified atom stereocenters. The molecule has 0 saturated heterocycles. The second-order valence-electron chi connectivity index (χ2n) is 4.38. The summed E-state index contributed by atoms with van der Waals surface area (Å²) in [6.45, 7) is 0. The maximum Gasteiger partial charge on any atom is 0.125 e. The summed E-state index contributed by atoms with van der Waals surface area (Å²) in [7, 11) is 1.62. The van der Waals surface area contributed by atoms with Crippen molar-refractivity contribution in [2.24, 2.45) is 0 Å². The second-order valence-corrected chi connectivity index (χ2v) is 4.38. The summed E-state index contributed by atoms with van der Waals surface area (Å²) in [4.78, 5) is 4.32. The molecule has 0 atom stereocenters. The summed E-state index contributed by atoms with van der Waals surface area (Å²) in [6.07, 6.45) is 1.71. The van der Waals surface area contributed by atoms with Crippen molar-refractivity contribution < 1.29 is 9.13 Å². The predicted molar refractivity (Wildman–Crippen MR) is 78.0 cm³/mol. The van der Waals surface area contributed by atoms with Crippen LogP contribution in [0, 0.1) is 5.82 Å². The number of aromatic nitrogens is 1. The first-order valence-electron chi connectivity index (χ1n) is 6.21. The number of benzene rings is 2. The summed E-state index contributed by atoms with van der Waals surface area (Å²) >= 11 is 0. The molecule has 0 fully saturated rings. The van der Waals surface area contributed by atoms with E-state index in [-0.39, 0.29) is 5.82 Å². The van der Waals surface area contributed by atoms with Crippen molar-refractivity contribution in [2.75, 3.05) is 12.4 Å². The zero-order valence-corrected chi connectivity index (χ0v) is 10.9. The largest absolute Gasteiger partial charge is 0.497 e. The van der Waals surface area contributed by atoms with Gasteiger partial charge in [0.15, 0.2) is 0 Å². The minimum absolute atomic E-state index is 0.268. The molecule has 3 nitrogen and oxygen atoms in total. The summed E-state index contributed by atoms with van der Waals surface area (Å²) in [5.41, 5.74) is 2.40. The van der Waals surface area contributed by atoms with Crippen molar-refractivity contribution in [1.29, 1.82) is 0 Å². The Labute approximate surface area is 116 Å². The lowest BCUT2D eigenvalue weighted by atomic mass is 10.1. The van der Waals surface area contributed by atoms with Gasteiger partial charge in [0.25, 0.3) is 0 Å². The van der Waals surface area contributed by atoms with Crippen molar-refractivity contribution in [3.63, 3.8) is 0 Å². The van der Waals surface area contributed by atoms with Crippen molar-refractivity contribution in [1.82, 2.24) is 4.98 Å². The minimum Gasteiger partial charge on any atom is -0.497 e. The molecule has 3 rings (SSSR count). The monoisotopic (exact) mass is 268 g/mol. The van der Waals surface area contributed by atoms with Gasteiger partial charge in [0, 0.05) is 29.0 Å². The molecule has 0 aliphatic rings. The predicted octanol–water partition coefficient (Wildman–Crippen LogP) is 4.13. The van der Waals surface area contributed by atoms with Gasteiger partial charge in [-0.05, 0) is 36.4 Å². The van der Waals surface area contributed by atoms with E-state index in [1.165, 1.54) is 12.1 Å². The van der Waals surface area contributed by atoms with Crippen LogP contribution in [-0.4, -0.2) is 12.1 Å². The van der Waals surface area contributed by atoms with Crippen molar-refractivity contribution in [2.45, 2.75) is 0 Å². The fourth-order valence-electron chi connectivity index (χ4n) is 2.09. The lowest BCUT2D eigenvalue weighted by molar-refractivity contribution is 0.415. The molecule has 0 spiro atoms. The minimum atomic E-state index is -0.268. The fraction of sp³-hybridized carbons (Fsp3) is 0.0625. The number of pyridine rings is 1. The van der Waals surface area contributed by atoms with Crippen LogP contribution >= 0.6 is 0 Å². The molecule has 0 radical (unpaired) electrons. The highest BCUT2D eigenvalue weighted by molar-refractivity contribution is 5.93. The molecule has 1 heterocycles. The van der Waals surface area contributed by atoms with Crippen molar-refractivity contribution >= 4 is 22.3 Å². The Balaban J connectivity index is 2.03. The van der Waals surface area contributed by atoms with Crippen molar-refractivity contribution in [3.8, 4) is 5.75 Å². The highest BCUT2D eigenvalue weighted by Crippen LogP contribution is 2.27. The average molecular weight is 268 g/mol. The van der Waals surface area contributed by atoms with E-state index in [0.717, 1.165) is 22.3 Å². The van der Waals surface area contributed by atoms with Gasteiger partial charge < -0.3 is 10.1 Å². The third-order valence-electron chi connectivity index (χ3n) is 3.05. The SMILES string of the molecule is COc1ccc2c(Nc3cccc(F)c3)ccnc2c1. The van der Waals surface area contributed by atoms with Crippen LogP contribution in [0.15, 0.2) is 54.7 Å². The molecule has 0 amide bonds. The third-order valence-corrected chi connectivity index (χ3v) is 3.05. The van der Waals surface area contributed by atoms with Crippen LogP contribution in [-0.2, 0) is 0 Å². The lowest BCUT2D eigenvalue weighted by Crippen LogP contribution is -1.93. The van der Waals surface area contributed by atoms with Crippen LogP contribution in [0.4, 0.5) is 15.8 Å². The van der Waals surface area contributed by atoms with E-state index in [2.05, 4.69) is 10.3 Å². The van der Waals surface area contributed by atoms with Gasteiger partial charge in [-0.15, -0.1) is 0 Å². The van der Waals surface area contributed by atoms with Gasteiger partial charge in [-0.2, -0.15) is 0 Å². The Morgan fingerprint density at radius 1 is 1.10 bits per heavy atom. The summed E-state index contributed by atoms with van der Waals surface area (Å²) in [6, 6.07) is 13.9. The number of nitrogens with zero attached hydrogens (tertiary/aromatic N) is 1. The molecule has 20 heavy (non-hydrogen) atoms. The standard InChI is InChI=1S/C16H13FN2O/c1-20-13-5-6-14-15(7-8-18-16(14)10-13)19-12-4-2-3-11(17)9-12/h2-10H,1H3,(H,18,19). The van der Waals surface area contributed by atoms with Gasteiger partial charge >= 0.3 is 0 Å². The van der Waals surface area contributed by atoms with Gasteiger partial charge in [-0.1, -0.05) is 6.07 Å². The molecule has 0 saturated carbocycles. The van der Waals surface area contributed by atoms with Crippen LogP contribution < -0.4 is 10.1 Å². The van der Waals surface area contributed by atoms with E-state index in [9.17, 15) is 4.39 Å². The van der Waals surface area contributed by atoms with Gasteiger partial charge in [-0.3, -0.25) is 4.98 Å². The van der Waals surface area contributed by atoms with Gasteiger partial charge in [0.1, 0.15) is 11.6 Å². The Morgan fingerprint density at radius 2 is 2.00 bits per heavy atom. The quantitative estimate of drug-likeness (QED) is 0.775. The zero-order valence-electron chi connectivity index (χ0n) is 10.9. The number of hydrogen-bond acceptors (Lipinski definition) is 3. The molecular formula is C16H13FN2O. The van der Waals surface area contributed by atoms with Crippen LogP contribution in [0.25, 0.3) is 10.9 Å². The van der Waals surface area contributed by atoms with Gasteiger partial charge in [-0.25, -0.2) is 4.39 Å². The maximum atomic E-state index is 13.2. The number of rotatable bonds is 3. The Hall–Kier alpha value is -2.62. The van der Waals surface area contributed by atoms with Crippen LogP contribution in [0.1, 0.15) is 0 Å². The topological polar surface area (TPSA) is 34.1 Å².